The topological polar surface area (TPSA) is 61.8 Å². The van der Waals surface area contributed by atoms with Gasteiger partial charge in [-0.2, -0.15) is 13.2 Å². The first-order valence-electron chi connectivity index (χ1n) is 9.60. The van der Waals surface area contributed by atoms with Crippen molar-refractivity contribution in [2.75, 3.05) is 39.8 Å². The molecule has 0 atom stereocenters. The highest BCUT2D eigenvalue weighted by Crippen LogP contribution is 2.29. The van der Waals surface area contributed by atoms with Crippen molar-refractivity contribution >= 4 is 41.3 Å². The molecule has 1 fully saturated rings. The predicted octanol–water partition coefficient (Wildman–Crippen LogP) is 3.38. The van der Waals surface area contributed by atoms with Gasteiger partial charge in [-0.15, -0.1) is 35.3 Å². The van der Waals surface area contributed by atoms with E-state index in [1.165, 1.54) is 0 Å². The second-order valence-corrected chi connectivity index (χ2v) is 8.00. The number of nitrogens with zero attached hydrogens (tertiary/aromatic N) is 3. The van der Waals surface area contributed by atoms with Gasteiger partial charge < -0.3 is 20.3 Å². The molecule has 29 heavy (non-hydrogen) atoms. The second kappa shape index (κ2) is 12.9. The minimum Gasteiger partial charge on any atom is -0.377 e. The third-order valence-corrected chi connectivity index (χ3v) is 5.39. The number of piperidine rings is 1. The number of thiazole rings is 1. The van der Waals surface area contributed by atoms with E-state index in [0.717, 1.165) is 55.8 Å². The van der Waals surface area contributed by atoms with Crippen molar-refractivity contribution < 1.29 is 17.9 Å². The number of likely N-dealkylation sites (tertiary alicyclic amines) is 1. The van der Waals surface area contributed by atoms with E-state index < -0.39 is 11.9 Å². The van der Waals surface area contributed by atoms with Gasteiger partial charge in [0, 0.05) is 51.1 Å². The fourth-order valence-electron chi connectivity index (χ4n) is 2.95. The lowest BCUT2D eigenvalue weighted by molar-refractivity contribution is -0.140. The van der Waals surface area contributed by atoms with Crippen molar-refractivity contribution in [1.82, 2.24) is 20.5 Å². The van der Waals surface area contributed by atoms with Crippen LogP contribution < -0.4 is 10.6 Å². The Hall–Kier alpha value is -0.660. The van der Waals surface area contributed by atoms with Crippen LogP contribution in [0.2, 0.25) is 0 Å². The highest BCUT2D eigenvalue weighted by atomic mass is 127. The van der Waals surface area contributed by atoms with Gasteiger partial charge in [-0.3, -0.25) is 4.99 Å². The third kappa shape index (κ3) is 9.79. The maximum atomic E-state index is 12.6. The van der Waals surface area contributed by atoms with Crippen molar-refractivity contribution in [2.45, 2.75) is 51.4 Å². The number of nitrogens with one attached hydrogen (secondary N) is 2. The Kier molecular flexibility index (Phi) is 11.7. The molecule has 0 bridgehead atoms. The molecule has 2 rings (SSSR count). The molecule has 0 unspecified atom stereocenters. The minimum absolute atomic E-state index is 0. The van der Waals surface area contributed by atoms with Crippen molar-refractivity contribution in [3.63, 3.8) is 0 Å². The summed E-state index contributed by atoms with van der Waals surface area (Å²) in [5.41, 5.74) is -0.819. The number of guanidine groups is 1. The summed E-state index contributed by atoms with van der Waals surface area (Å²) in [6.07, 6.45) is -1.66. The monoisotopic (exact) mass is 549 g/mol. The van der Waals surface area contributed by atoms with Crippen molar-refractivity contribution in [3.05, 3.63) is 16.1 Å². The summed E-state index contributed by atoms with van der Waals surface area (Å²) in [4.78, 5) is 10.3. The average Bonchev–Trinajstić information content (AvgIpc) is 3.11. The molecule has 168 valence electrons. The average molecular weight is 549 g/mol. The normalized spacial score (nSPS) is 16.7. The summed E-state index contributed by atoms with van der Waals surface area (Å²) < 4.78 is 43.4. The Morgan fingerprint density at radius 1 is 1.38 bits per heavy atom. The molecule has 0 aliphatic carbocycles. The van der Waals surface area contributed by atoms with Gasteiger partial charge in [0.05, 0.1) is 17.7 Å². The smallest absolute Gasteiger partial charge is 0.377 e. The number of halogens is 4. The Labute approximate surface area is 191 Å². The SMILES string of the molecule is CN=C(NCCc1nc(C(F)(F)F)cs1)NC1CCN(CCOC(C)C)CC1.I. The van der Waals surface area contributed by atoms with Crippen LogP contribution in [0.5, 0.6) is 0 Å². The minimum atomic E-state index is -4.38. The Morgan fingerprint density at radius 3 is 2.62 bits per heavy atom. The maximum absolute atomic E-state index is 12.6. The van der Waals surface area contributed by atoms with Crippen molar-refractivity contribution in [1.29, 1.82) is 0 Å². The summed E-state index contributed by atoms with van der Waals surface area (Å²) in [7, 11) is 1.69. The van der Waals surface area contributed by atoms with Gasteiger partial charge in [0.15, 0.2) is 11.7 Å². The number of aromatic nitrogens is 1. The van der Waals surface area contributed by atoms with Crippen LogP contribution in [0, 0.1) is 0 Å². The molecule has 0 spiro atoms. The maximum Gasteiger partial charge on any atom is 0.434 e. The predicted molar refractivity (Wildman–Crippen MR) is 121 cm³/mol. The lowest BCUT2D eigenvalue weighted by atomic mass is 10.1. The number of hydrogen-bond acceptors (Lipinski definition) is 5. The largest absolute Gasteiger partial charge is 0.434 e. The van der Waals surface area contributed by atoms with Gasteiger partial charge in [0.2, 0.25) is 0 Å². The zero-order chi connectivity index (χ0) is 20.6. The van der Waals surface area contributed by atoms with Gasteiger partial charge in [-0.05, 0) is 26.7 Å². The quantitative estimate of drug-likeness (QED) is 0.296. The molecule has 0 radical (unpaired) electrons. The summed E-state index contributed by atoms with van der Waals surface area (Å²) in [5, 5.41) is 8.08. The molecular formula is C18H31F3IN5OS. The summed E-state index contributed by atoms with van der Waals surface area (Å²) in [5.74, 6) is 0.675. The molecule has 0 amide bonds. The van der Waals surface area contributed by atoms with Gasteiger partial charge in [-0.1, -0.05) is 0 Å². The molecule has 1 aromatic heterocycles. The first-order valence-corrected chi connectivity index (χ1v) is 10.5. The number of hydrogen-bond donors (Lipinski definition) is 2. The number of alkyl halides is 3. The number of ether oxygens (including phenoxy) is 1. The van der Waals surface area contributed by atoms with Gasteiger partial charge >= 0.3 is 6.18 Å². The van der Waals surface area contributed by atoms with E-state index in [4.69, 9.17) is 4.74 Å². The van der Waals surface area contributed by atoms with E-state index in [9.17, 15) is 13.2 Å². The molecule has 1 aliphatic heterocycles. The molecule has 1 aromatic rings. The van der Waals surface area contributed by atoms with Crippen molar-refractivity contribution in [2.24, 2.45) is 4.99 Å². The van der Waals surface area contributed by atoms with E-state index in [1.807, 2.05) is 13.8 Å². The van der Waals surface area contributed by atoms with Crippen LogP contribution in [-0.2, 0) is 17.3 Å². The van der Waals surface area contributed by atoms with Crippen LogP contribution in [-0.4, -0.2) is 67.8 Å². The van der Waals surface area contributed by atoms with Crippen LogP contribution in [0.1, 0.15) is 37.4 Å². The molecule has 1 saturated heterocycles. The first kappa shape index (κ1) is 26.4. The van der Waals surface area contributed by atoms with Gasteiger partial charge in [0.25, 0.3) is 0 Å². The van der Waals surface area contributed by atoms with Crippen LogP contribution in [0.15, 0.2) is 10.4 Å². The zero-order valence-corrected chi connectivity index (χ0v) is 20.2. The highest BCUT2D eigenvalue weighted by Gasteiger charge is 2.33. The zero-order valence-electron chi connectivity index (χ0n) is 17.1. The molecule has 1 aliphatic rings. The fourth-order valence-corrected chi connectivity index (χ4v) is 3.76. The molecule has 0 saturated carbocycles. The lowest BCUT2D eigenvalue weighted by Crippen LogP contribution is -2.49. The Balaban J connectivity index is 0.00000420. The highest BCUT2D eigenvalue weighted by molar-refractivity contribution is 14.0. The van der Waals surface area contributed by atoms with E-state index in [0.29, 0.717) is 30.0 Å². The fraction of sp³-hybridized carbons (Fsp3) is 0.778. The first-order chi connectivity index (χ1) is 13.3. The van der Waals surface area contributed by atoms with Crippen LogP contribution >= 0.6 is 35.3 Å². The van der Waals surface area contributed by atoms with Gasteiger partial charge in [-0.25, -0.2) is 4.98 Å². The molecule has 11 heteroatoms. The van der Waals surface area contributed by atoms with E-state index >= 15 is 0 Å². The van der Waals surface area contributed by atoms with Crippen LogP contribution in [0.25, 0.3) is 0 Å². The van der Waals surface area contributed by atoms with Crippen LogP contribution in [0.3, 0.4) is 0 Å². The van der Waals surface area contributed by atoms with Crippen molar-refractivity contribution in [3.8, 4) is 0 Å². The Morgan fingerprint density at radius 2 is 2.07 bits per heavy atom. The van der Waals surface area contributed by atoms with E-state index in [-0.39, 0.29) is 30.1 Å². The number of aliphatic imine (C=N–C) groups is 1. The van der Waals surface area contributed by atoms with E-state index in [1.54, 1.807) is 7.05 Å². The second-order valence-electron chi connectivity index (χ2n) is 7.05. The third-order valence-electron chi connectivity index (χ3n) is 4.48. The van der Waals surface area contributed by atoms with Crippen LogP contribution in [0.4, 0.5) is 13.2 Å². The lowest BCUT2D eigenvalue weighted by Gasteiger charge is -2.33. The molecule has 0 aromatic carbocycles. The molecule has 2 heterocycles. The summed E-state index contributed by atoms with van der Waals surface area (Å²) in [6, 6.07) is 0.338. The Bertz CT molecular complexity index is 619. The standard InChI is InChI=1S/C18H30F3N5OS.HI/c1-13(2)27-11-10-26-8-5-14(6-9-26)24-17(22-3)23-7-4-16-25-15(12-28-16)18(19,20)21;/h12-14H,4-11H2,1-3H3,(H2,22,23,24);1H. The van der Waals surface area contributed by atoms with E-state index in [2.05, 4.69) is 25.5 Å². The molecule has 6 nitrogen and oxygen atoms in total. The molecular weight excluding hydrogens is 518 g/mol. The number of rotatable bonds is 8. The van der Waals surface area contributed by atoms with Gasteiger partial charge in [0.1, 0.15) is 0 Å². The summed E-state index contributed by atoms with van der Waals surface area (Å²) in [6.45, 7) is 8.29. The molecule has 2 N–H and O–H groups in total. The summed E-state index contributed by atoms with van der Waals surface area (Å²) >= 11 is 1.03.